The average molecular weight is 291 g/mol. The van der Waals surface area contributed by atoms with Gasteiger partial charge in [-0.2, -0.15) is 0 Å². The fourth-order valence-electron chi connectivity index (χ4n) is 3.51. The smallest absolute Gasteiger partial charge is 0.111 e. The predicted octanol–water partition coefficient (Wildman–Crippen LogP) is 4.71. The number of alkyl halides is 1. The second-order valence-electron chi connectivity index (χ2n) is 6.02. The third kappa shape index (κ3) is 2.71. The van der Waals surface area contributed by atoms with E-state index >= 15 is 0 Å². The third-order valence-corrected chi connectivity index (χ3v) is 4.72. The van der Waals surface area contributed by atoms with Crippen LogP contribution in [0.1, 0.15) is 43.5 Å². The molecule has 0 unspecified atom stereocenters. The van der Waals surface area contributed by atoms with Crippen molar-refractivity contribution < 1.29 is 0 Å². The van der Waals surface area contributed by atoms with E-state index in [1.807, 2.05) is 0 Å². The number of aromatic nitrogens is 2. The number of nitrogens with zero attached hydrogens (tertiary/aromatic N) is 2. The van der Waals surface area contributed by atoms with Crippen LogP contribution in [0.2, 0.25) is 0 Å². The van der Waals surface area contributed by atoms with Crippen molar-refractivity contribution in [2.75, 3.05) is 5.88 Å². The molecule has 0 bridgehead atoms. The summed E-state index contributed by atoms with van der Waals surface area (Å²) in [6, 6.07) is 6.41. The SMILES string of the molecule is Cc1cccc2nc(CCCl)n(CC3CCCCC3)c12. The molecule has 2 nitrogen and oxygen atoms in total. The van der Waals surface area contributed by atoms with Gasteiger partial charge >= 0.3 is 0 Å². The molecule has 108 valence electrons. The van der Waals surface area contributed by atoms with E-state index in [0.29, 0.717) is 5.88 Å². The first-order valence-corrected chi connectivity index (χ1v) is 8.33. The Hall–Kier alpha value is -1.02. The van der Waals surface area contributed by atoms with Crippen LogP contribution in [0.3, 0.4) is 0 Å². The van der Waals surface area contributed by atoms with Crippen LogP contribution >= 0.6 is 11.6 Å². The molecule has 1 heterocycles. The Balaban J connectivity index is 1.98. The molecule has 0 radical (unpaired) electrons. The van der Waals surface area contributed by atoms with E-state index in [1.165, 1.54) is 43.2 Å². The number of aryl methyl sites for hydroxylation is 2. The van der Waals surface area contributed by atoms with Gasteiger partial charge in [0.2, 0.25) is 0 Å². The van der Waals surface area contributed by atoms with Gasteiger partial charge in [-0.15, -0.1) is 11.6 Å². The van der Waals surface area contributed by atoms with Crippen LogP contribution in [-0.2, 0) is 13.0 Å². The maximum atomic E-state index is 5.96. The Kier molecular flexibility index (Phi) is 4.30. The second kappa shape index (κ2) is 6.17. The van der Waals surface area contributed by atoms with Crippen LogP contribution in [0.5, 0.6) is 0 Å². The minimum absolute atomic E-state index is 0.646. The zero-order chi connectivity index (χ0) is 13.9. The van der Waals surface area contributed by atoms with Crippen LogP contribution in [0, 0.1) is 12.8 Å². The number of imidazole rings is 1. The van der Waals surface area contributed by atoms with E-state index in [0.717, 1.165) is 30.2 Å². The Morgan fingerprint density at radius 1 is 1.25 bits per heavy atom. The molecule has 1 aliphatic rings. The summed E-state index contributed by atoms with van der Waals surface area (Å²) in [5.74, 6) is 2.62. The van der Waals surface area contributed by atoms with Gasteiger partial charge in [0.1, 0.15) is 5.82 Å². The fourth-order valence-corrected chi connectivity index (χ4v) is 3.68. The quantitative estimate of drug-likeness (QED) is 0.746. The van der Waals surface area contributed by atoms with E-state index in [9.17, 15) is 0 Å². The zero-order valence-corrected chi connectivity index (χ0v) is 13.0. The van der Waals surface area contributed by atoms with Crippen molar-refractivity contribution in [2.45, 2.75) is 52.0 Å². The van der Waals surface area contributed by atoms with E-state index in [4.69, 9.17) is 16.6 Å². The van der Waals surface area contributed by atoms with Gasteiger partial charge in [0, 0.05) is 18.8 Å². The molecule has 0 aliphatic heterocycles. The topological polar surface area (TPSA) is 17.8 Å². The van der Waals surface area contributed by atoms with Gasteiger partial charge in [-0.1, -0.05) is 31.4 Å². The van der Waals surface area contributed by atoms with E-state index in [-0.39, 0.29) is 0 Å². The van der Waals surface area contributed by atoms with Crippen molar-refractivity contribution in [3.8, 4) is 0 Å². The van der Waals surface area contributed by atoms with Crippen LogP contribution in [0.25, 0.3) is 11.0 Å². The molecule has 1 aromatic carbocycles. The molecule has 0 spiro atoms. The van der Waals surface area contributed by atoms with Gasteiger partial charge < -0.3 is 4.57 Å². The van der Waals surface area contributed by atoms with Gasteiger partial charge in [0.25, 0.3) is 0 Å². The summed E-state index contributed by atoms with van der Waals surface area (Å²) in [5.41, 5.74) is 3.77. The highest BCUT2D eigenvalue weighted by molar-refractivity contribution is 6.17. The summed E-state index contributed by atoms with van der Waals surface area (Å²) in [6.45, 7) is 3.30. The molecule has 0 atom stereocenters. The zero-order valence-electron chi connectivity index (χ0n) is 12.2. The van der Waals surface area contributed by atoms with Gasteiger partial charge in [0.05, 0.1) is 11.0 Å². The number of para-hydroxylation sites is 1. The summed E-state index contributed by atoms with van der Waals surface area (Å²) >= 11 is 5.96. The van der Waals surface area contributed by atoms with Crippen molar-refractivity contribution in [2.24, 2.45) is 5.92 Å². The maximum absolute atomic E-state index is 5.96. The van der Waals surface area contributed by atoms with Gasteiger partial charge in [-0.25, -0.2) is 4.98 Å². The molecule has 1 aliphatic carbocycles. The summed E-state index contributed by atoms with van der Waals surface area (Å²) < 4.78 is 2.45. The van der Waals surface area contributed by atoms with Gasteiger partial charge in [-0.3, -0.25) is 0 Å². The molecule has 0 saturated heterocycles. The highest BCUT2D eigenvalue weighted by Gasteiger charge is 2.18. The van der Waals surface area contributed by atoms with E-state index in [1.54, 1.807) is 0 Å². The monoisotopic (exact) mass is 290 g/mol. The van der Waals surface area contributed by atoms with Crippen LogP contribution in [0.4, 0.5) is 0 Å². The standard InChI is InChI=1S/C17H23ClN2/c1-13-6-5-9-15-17(13)20(16(19-15)10-11-18)12-14-7-3-2-4-8-14/h5-6,9,14H,2-4,7-8,10-12H2,1H3. The van der Waals surface area contributed by atoms with Crippen molar-refractivity contribution in [3.05, 3.63) is 29.6 Å². The highest BCUT2D eigenvalue weighted by Crippen LogP contribution is 2.28. The number of halogens is 1. The molecule has 0 amide bonds. The molecule has 2 aromatic rings. The first kappa shape index (κ1) is 13.9. The lowest BCUT2D eigenvalue weighted by molar-refractivity contribution is 0.319. The Morgan fingerprint density at radius 3 is 2.80 bits per heavy atom. The molecule has 3 rings (SSSR count). The van der Waals surface area contributed by atoms with Crippen molar-refractivity contribution in [3.63, 3.8) is 0 Å². The lowest BCUT2D eigenvalue weighted by Crippen LogP contribution is -2.16. The van der Waals surface area contributed by atoms with E-state index < -0.39 is 0 Å². The normalized spacial score (nSPS) is 16.9. The number of hydrogen-bond acceptors (Lipinski definition) is 1. The highest BCUT2D eigenvalue weighted by atomic mass is 35.5. The van der Waals surface area contributed by atoms with Gasteiger partial charge in [0.15, 0.2) is 0 Å². The van der Waals surface area contributed by atoms with Crippen LogP contribution in [0.15, 0.2) is 18.2 Å². The first-order valence-electron chi connectivity index (χ1n) is 7.80. The van der Waals surface area contributed by atoms with Crippen LogP contribution < -0.4 is 0 Å². The van der Waals surface area contributed by atoms with Crippen molar-refractivity contribution in [1.82, 2.24) is 9.55 Å². The fraction of sp³-hybridized carbons (Fsp3) is 0.588. The first-order chi connectivity index (χ1) is 9.79. The summed E-state index contributed by atoms with van der Waals surface area (Å²) in [5, 5.41) is 0. The Morgan fingerprint density at radius 2 is 2.05 bits per heavy atom. The Bertz CT molecular complexity index is 582. The Labute approximate surface area is 126 Å². The lowest BCUT2D eigenvalue weighted by atomic mass is 9.89. The number of rotatable bonds is 4. The molecule has 1 saturated carbocycles. The summed E-state index contributed by atoms with van der Waals surface area (Å²) in [6.07, 6.45) is 7.79. The minimum atomic E-state index is 0.646. The third-order valence-electron chi connectivity index (χ3n) is 4.53. The van der Waals surface area contributed by atoms with Crippen molar-refractivity contribution >= 4 is 22.6 Å². The molecular formula is C17H23ClN2. The molecule has 3 heteroatoms. The van der Waals surface area contributed by atoms with E-state index in [2.05, 4.69) is 29.7 Å². The van der Waals surface area contributed by atoms with Crippen LogP contribution in [-0.4, -0.2) is 15.4 Å². The average Bonchev–Trinajstić information content (AvgIpc) is 2.80. The number of benzene rings is 1. The predicted molar refractivity (Wildman–Crippen MR) is 85.5 cm³/mol. The molecule has 1 aromatic heterocycles. The molecule has 1 fully saturated rings. The molecule has 0 N–H and O–H groups in total. The summed E-state index contributed by atoms with van der Waals surface area (Å²) in [4.78, 5) is 4.81. The van der Waals surface area contributed by atoms with Gasteiger partial charge in [-0.05, 0) is 37.3 Å². The number of fused-ring (bicyclic) bond motifs is 1. The molecule has 20 heavy (non-hydrogen) atoms. The lowest BCUT2D eigenvalue weighted by Gasteiger charge is -2.23. The maximum Gasteiger partial charge on any atom is 0.111 e. The largest absolute Gasteiger partial charge is 0.327 e. The summed E-state index contributed by atoms with van der Waals surface area (Å²) in [7, 11) is 0. The second-order valence-corrected chi connectivity index (χ2v) is 6.40. The minimum Gasteiger partial charge on any atom is -0.327 e. The van der Waals surface area contributed by atoms with Crippen molar-refractivity contribution in [1.29, 1.82) is 0 Å². The number of hydrogen-bond donors (Lipinski definition) is 0. The molecular weight excluding hydrogens is 268 g/mol.